The van der Waals surface area contributed by atoms with E-state index in [0.717, 1.165) is 23.9 Å². The molecule has 0 aromatic heterocycles. The smallest absolute Gasteiger partial charge is 0.119 e. The largest absolute Gasteiger partial charge is 0.493 e. The summed E-state index contributed by atoms with van der Waals surface area (Å²) in [7, 11) is 0. The topological polar surface area (TPSA) is 35.2 Å². The molecular formula is C15H25NOS. The van der Waals surface area contributed by atoms with Gasteiger partial charge < -0.3 is 10.5 Å². The van der Waals surface area contributed by atoms with Gasteiger partial charge in [-0.15, -0.1) is 0 Å². The first-order valence-electron chi connectivity index (χ1n) is 6.46. The summed E-state index contributed by atoms with van der Waals surface area (Å²) in [5.74, 6) is 2.93. The van der Waals surface area contributed by atoms with E-state index in [2.05, 4.69) is 45.0 Å². The zero-order chi connectivity index (χ0) is 13.6. The van der Waals surface area contributed by atoms with Crippen LogP contribution in [0.2, 0.25) is 0 Å². The summed E-state index contributed by atoms with van der Waals surface area (Å²) in [6, 6.07) is 8.66. The lowest BCUT2D eigenvalue weighted by Crippen LogP contribution is -2.18. The maximum absolute atomic E-state index is 5.69. The molecule has 0 saturated carbocycles. The third-order valence-electron chi connectivity index (χ3n) is 2.60. The molecule has 0 saturated heterocycles. The van der Waals surface area contributed by atoms with Gasteiger partial charge >= 0.3 is 0 Å². The third kappa shape index (κ3) is 5.78. The molecule has 2 nitrogen and oxygen atoms in total. The second kappa shape index (κ2) is 7.05. The number of thioether (sulfide) groups is 1. The molecule has 0 radical (unpaired) electrons. The van der Waals surface area contributed by atoms with E-state index in [9.17, 15) is 0 Å². The van der Waals surface area contributed by atoms with Gasteiger partial charge in [-0.2, -0.15) is 11.8 Å². The summed E-state index contributed by atoms with van der Waals surface area (Å²) in [4.78, 5) is 0. The number of benzene rings is 1. The number of hydrogen-bond acceptors (Lipinski definition) is 3. The summed E-state index contributed by atoms with van der Waals surface area (Å²) in [5.41, 5.74) is 7.22. The SMILES string of the molecule is CC(N)CSCCOc1ccc(C(C)(C)C)cc1. The van der Waals surface area contributed by atoms with Crippen LogP contribution in [0.15, 0.2) is 24.3 Å². The second-order valence-electron chi connectivity index (χ2n) is 5.68. The molecule has 1 unspecified atom stereocenters. The van der Waals surface area contributed by atoms with Crippen LogP contribution < -0.4 is 10.5 Å². The summed E-state index contributed by atoms with van der Waals surface area (Å²) >= 11 is 1.84. The Hall–Kier alpha value is -0.670. The van der Waals surface area contributed by atoms with Crippen molar-refractivity contribution < 1.29 is 4.74 Å². The molecule has 0 bridgehead atoms. The highest BCUT2D eigenvalue weighted by atomic mass is 32.2. The molecule has 102 valence electrons. The molecule has 0 spiro atoms. The number of hydrogen-bond donors (Lipinski definition) is 1. The number of nitrogens with two attached hydrogens (primary N) is 1. The van der Waals surface area contributed by atoms with Crippen LogP contribution in [-0.2, 0) is 5.41 Å². The van der Waals surface area contributed by atoms with Crippen molar-refractivity contribution >= 4 is 11.8 Å². The summed E-state index contributed by atoms with van der Waals surface area (Å²) in [6.45, 7) is 9.42. The van der Waals surface area contributed by atoms with Gasteiger partial charge in [-0.05, 0) is 30.0 Å². The van der Waals surface area contributed by atoms with Crippen molar-refractivity contribution in [3.8, 4) is 5.75 Å². The molecule has 3 heteroatoms. The molecule has 1 atom stereocenters. The molecule has 0 aliphatic carbocycles. The average Bonchev–Trinajstić information content (AvgIpc) is 2.27. The Kier molecular flexibility index (Phi) is 6.03. The first kappa shape index (κ1) is 15.4. The van der Waals surface area contributed by atoms with Gasteiger partial charge in [-0.1, -0.05) is 32.9 Å². The lowest BCUT2D eigenvalue weighted by molar-refractivity contribution is 0.343. The van der Waals surface area contributed by atoms with Crippen molar-refractivity contribution in [2.75, 3.05) is 18.1 Å². The van der Waals surface area contributed by atoms with Crippen LogP contribution in [0.1, 0.15) is 33.3 Å². The van der Waals surface area contributed by atoms with Crippen LogP contribution in [-0.4, -0.2) is 24.2 Å². The lowest BCUT2D eigenvalue weighted by Gasteiger charge is -2.19. The third-order valence-corrected chi connectivity index (χ3v) is 3.81. The van der Waals surface area contributed by atoms with Crippen LogP contribution in [0.25, 0.3) is 0 Å². The molecule has 1 aromatic rings. The first-order valence-corrected chi connectivity index (χ1v) is 7.62. The standard InChI is InChI=1S/C15H25NOS/c1-12(16)11-18-10-9-17-14-7-5-13(6-8-14)15(2,3)4/h5-8,12H,9-11,16H2,1-4H3. The second-order valence-corrected chi connectivity index (χ2v) is 6.82. The van der Waals surface area contributed by atoms with Crippen molar-refractivity contribution in [1.82, 2.24) is 0 Å². The zero-order valence-corrected chi connectivity index (χ0v) is 12.7. The number of rotatable bonds is 6. The maximum Gasteiger partial charge on any atom is 0.119 e. The van der Waals surface area contributed by atoms with Crippen LogP contribution >= 0.6 is 11.8 Å². The van der Waals surface area contributed by atoms with Crippen molar-refractivity contribution in [2.24, 2.45) is 5.73 Å². The molecule has 2 N–H and O–H groups in total. The first-order chi connectivity index (χ1) is 8.39. The summed E-state index contributed by atoms with van der Waals surface area (Å²) in [5, 5.41) is 0. The predicted octanol–water partition coefficient (Wildman–Crippen LogP) is 3.44. The van der Waals surface area contributed by atoms with Gasteiger partial charge in [0.15, 0.2) is 0 Å². The van der Waals surface area contributed by atoms with E-state index in [0.29, 0.717) is 0 Å². The molecular weight excluding hydrogens is 242 g/mol. The Morgan fingerprint density at radius 1 is 1.22 bits per heavy atom. The van der Waals surface area contributed by atoms with Gasteiger partial charge in [-0.3, -0.25) is 0 Å². The molecule has 1 rings (SSSR count). The van der Waals surface area contributed by atoms with Crippen molar-refractivity contribution in [2.45, 2.75) is 39.2 Å². The monoisotopic (exact) mass is 267 g/mol. The fourth-order valence-corrected chi connectivity index (χ4v) is 2.28. The highest BCUT2D eigenvalue weighted by molar-refractivity contribution is 7.99. The van der Waals surface area contributed by atoms with Crippen molar-refractivity contribution in [3.05, 3.63) is 29.8 Å². The van der Waals surface area contributed by atoms with E-state index in [4.69, 9.17) is 10.5 Å². The van der Waals surface area contributed by atoms with Gasteiger partial charge in [0.25, 0.3) is 0 Å². The molecule has 1 aromatic carbocycles. The Labute approximate surface area is 115 Å². The highest BCUT2D eigenvalue weighted by Crippen LogP contribution is 2.24. The molecule has 0 amide bonds. The average molecular weight is 267 g/mol. The Balaban J connectivity index is 2.31. The normalized spacial score (nSPS) is 13.4. The van der Waals surface area contributed by atoms with Crippen molar-refractivity contribution in [3.63, 3.8) is 0 Å². The summed E-state index contributed by atoms with van der Waals surface area (Å²) in [6.07, 6.45) is 0. The Morgan fingerprint density at radius 2 is 1.83 bits per heavy atom. The van der Waals surface area contributed by atoms with E-state index < -0.39 is 0 Å². The van der Waals surface area contributed by atoms with Gasteiger partial charge in [0, 0.05) is 17.5 Å². The fraction of sp³-hybridized carbons (Fsp3) is 0.600. The molecule has 0 aliphatic heterocycles. The van der Waals surface area contributed by atoms with E-state index in [1.54, 1.807) is 0 Å². The Morgan fingerprint density at radius 3 is 2.33 bits per heavy atom. The number of ether oxygens (including phenoxy) is 1. The fourth-order valence-electron chi connectivity index (χ4n) is 1.54. The molecule has 0 heterocycles. The van der Waals surface area contributed by atoms with Crippen LogP contribution in [0.4, 0.5) is 0 Å². The minimum Gasteiger partial charge on any atom is -0.493 e. The predicted molar refractivity (Wildman–Crippen MR) is 81.6 cm³/mol. The zero-order valence-electron chi connectivity index (χ0n) is 11.9. The van der Waals surface area contributed by atoms with Crippen LogP contribution in [0.5, 0.6) is 5.75 Å². The molecule has 0 fully saturated rings. The van der Waals surface area contributed by atoms with Gasteiger partial charge in [0.05, 0.1) is 6.61 Å². The van der Waals surface area contributed by atoms with E-state index in [1.165, 1.54) is 5.56 Å². The minimum atomic E-state index is 0.200. The van der Waals surface area contributed by atoms with Gasteiger partial charge in [0.1, 0.15) is 5.75 Å². The molecule has 0 aliphatic rings. The van der Waals surface area contributed by atoms with Crippen LogP contribution in [0, 0.1) is 0 Å². The molecule has 18 heavy (non-hydrogen) atoms. The highest BCUT2D eigenvalue weighted by Gasteiger charge is 2.12. The van der Waals surface area contributed by atoms with E-state index in [1.807, 2.05) is 18.7 Å². The quantitative estimate of drug-likeness (QED) is 0.802. The van der Waals surface area contributed by atoms with E-state index in [-0.39, 0.29) is 11.5 Å². The Bertz CT molecular complexity index is 341. The van der Waals surface area contributed by atoms with Gasteiger partial charge in [0.2, 0.25) is 0 Å². The summed E-state index contributed by atoms with van der Waals surface area (Å²) < 4.78 is 5.69. The lowest BCUT2D eigenvalue weighted by atomic mass is 9.87. The van der Waals surface area contributed by atoms with Crippen LogP contribution in [0.3, 0.4) is 0 Å². The van der Waals surface area contributed by atoms with Crippen molar-refractivity contribution in [1.29, 1.82) is 0 Å². The minimum absolute atomic E-state index is 0.200. The maximum atomic E-state index is 5.69. The van der Waals surface area contributed by atoms with E-state index >= 15 is 0 Å². The van der Waals surface area contributed by atoms with Gasteiger partial charge in [-0.25, -0.2) is 0 Å².